The molecule has 0 aliphatic heterocycles. The van der Waals surface area contributed by atoms with Gasteiger partial charge in [0, 0.05) is 38.7 Å². The number of ether oxygens (including phenoxy) is 4. The van der Waals surface area contributed by atoms with Crippen molar-refractivity contribution < 1.29 is 28.8 Å². The number of carbonyl (C=O) groups excluding carboxylic acids is 1. The number of aliphatic hydroxyl groups is 1. The maximum Gasteiger partial charge on any atom is 0.223 e. The summed E-state index contributed by atoms with van der Waals surface area (Å²) in [5, 5.41) is 14.7. The lowest BCUT2D eigenvalue weighted by Gasteiger charge is -2.37. The minimum Gasteiger partial charge on any atom is -0.493 e. The largest absolute Gasteiger partial charge is 0.493 e. The van der Waals surface area contributed by atoms with Gasteiger partial charge in [-0.05, 0) is 68.6 Å². The molecular weight excluding hydrogens is 508 g/mol. The van der Waals surface area contributed by atoms with Crippen LogP contribution in [0.2, 0.25) is 0 Å². The van der Waals surface area contributed by atoms with Gasteiger partial charge in [-0.1, -0.05) is 46.1 Å². The first kappa shape index (κ1) is 34.3. The molecule has 1 aliphatic rings. The number of nitrogens with one attached hydrogen (secondary N) is 1. The third-order valence-electron chi connectivity index (χ3n) is 8.56. The summed E-state index contributed by atoms with van der Waals surface area (Å²) in [5.41, 5.74) is 6.79. The van der Waals surface area contributed by atoms with E-state index in [9.17, 15) is 9.90 Å². The molecule has 2 rings (SSSR count). The Hall–Kier alpha value is -1.87. The summed E-state index contributed by atoms with van der Waals surface area (Å²) in [6, 6.07) is 6.04. The molecule has 0 bridgehead atoms. The SMILES string of the molecule is CC[C@@H](Cc1ccc(OC)c(OCCCOC)c1)C[C@](C)(N)[C@@H](O)C[C@H](C(=O)NC1(COC)CCCC1)C(C)C. The summed E-state index contributed by atoms with van der Waals surface area (Å²) in [6.45, 7) is 9.85. The van der Waals surface area contributed by atoms with E-state index in [1.54, 1.807) is 21.3 Å². The van der Waals surface area contributed by atoms with Crippen molar-refractivity contribution in [2.45, 2.75) is 103 Å². The minimum absolute atomic E-state index is 0.00731. The molecule has 0 unspecified atom stereocenters. The Morgan fingerprint density at radius 2 is 1.82 bits per heavy atom. The predicted molar refractivity (Wildman–Crippen MR) is 160 cm³/mol. The van der Waals surface area contributed by atoms with Crippen LogP contribution < -0.4 is 20.5 Å². The van der Waals surface area contributed by atoms with Gasteiger partial charge < -0.3 is 35.1 Å². The lowest BCUT2D eigenvalue weighted by molar-refractivity contribution is -0.130. The Labute approximate surface area is 242 Å². The molecule has 0 saturated heterocycles. The molecule has 1 aromatic carbocycles. The van der Waals surface area contributed by atoms with Crippen molar-refractivity contribution in [1.29, 1.82) is 0 Å². The van der Waals surface area contributed by atoms with E-state index in [0.717, 1.165) is 56.3 Å². The molecule has 0 spiro atoms. The van der Waals surface area contributed by atoms with Gasteiger partial charge in [-0.2, -0.15) is 0 Å². The van der Waals surface area contributed by atoms with Gasteiger partial charge in [0.2, 0.25) is 5.91 Å². The Morgan fingerprint density at radius 1 is 1.12 bits per heavy atom. The average Bonchev–Trinajstić information content (AvgIpc) is 3.36. The second kappa shape index (κ2) is 16.5. The monoisotopic (exact) mass is 564 g/mol. The number of aliphatic hydroxyl groups excluding tert-OH is 1. The van der Waals surface area contributed by atoms with E-state index in [1.807, 2.05) is 32.9 Å². The van der Waals surface area contributed by atoms with E-state index in [-0.39, 0.29) is 29.2 Å². The van der Waals surface area contributed by atoms with Crippen molar-refractivity contribution in [1.82, 2.24) is 5.32 Å². The van der Waals surface area contributed by atoms with Crippen LogP contribution >= 0.6 is 0 Å². The van der Waals surface area contributed by atoms with Gasteiger partial charge in [-0.15, -0.1) is 0 Å². The number of nitrogens with two attached hydrogens (primary N) is 1. The molecule has 8 nitrogen and oxygen atoms in total. The first-order valence-electron chi connectivity index (χ1n) is 15.1. The van der Waals surface area contributed by atoms with Crippen LogP contribution in [0.15, 0.2) is 18.2 Å². The number of hydrogen-bond donors (Lipinski definition) is 3. The fourth-order valence-electron chi connectivity index (χ4n) is 5.98. The third kappa shape index (κ3) is 10.2. The zero-order valence-corrected chi connectivity index (χ0v) is 26.1. The number of benzene rings is 1. The third-order valence-corrected chi connectivity index (χ3v) is 8.56. The van der Waals surface area contributed by atoms with Gasteiger partial charge in [0.1, 0.15) is 0 Å². The van der Waals surface area contributed by atoms with Crippen LogP contribution in [0.3, 0.4) is 0 Å². The molecule has 1 aromatic rings. The first-order valence-corrected chi connectivity index (χ1v) is 15.1. The Kier molecular flexibility index (Phi) is 14.2. The lowest BCUT2D eigenvalue weighted by Crippen LogP contribution is -2.55. The van der Waals surface area contributed by atoms with Crippen molar-refractivity contribution in [2.75, 3.05) is 41.2 Å². The van der Waals surface area contributed by atoms with Gasteiger partial charge in [0.25, 0.3) is 0 Å². The minimum atomic E-state index is -0.836. The molecule has 40 heavy (non-hydrogen) atoms. The standard InChI is InChI=1S/C32H56N2O6/c1-8-24(18-25-12-13-27(39-7)28(19-25)40-17-11-16-37-5)21-31(4,33)29(35)20-26(23(2)3)30(36)34-32(22-38-6)14-9-10-15-32/h12-13,19,23-24,26,29,35H,8-11,14-18,20-22,33H2,1-7H3,(H,34,36)/t24-,26-,29-,31-/m0/s1. The smallest absolute Gasteiger partial charge is 0.223 e. The molecule has 0 heterocycles. The Bertz CT molecular complexity index is 884. The summed E-state index contributed by atoms with van der Waals surface area (Å²) in [6.07, 6.45) is 6.73. The van der Waals surface area contributed by atoms with E-state index < -0.39 is 11.6 Å². The van der Waals surface area contributed by atoms with Crippen molar-refractivity contribution in [3.63, 3.8) is 0 Å². The molecule has 4 N–H and O–H groups in total. The highest BCUT2D eigenvalue weighted by Gasteiger charge is 2.40. The van der Waals surface area contributed by atoms with E-state index in [2.05, 4.69) is 18.3 Å². The highest BCUT2D eigenvalue weighted by Crippen LogP contribution is 2.34. The van der Waals surface area contributed by atoms with Gasteiger partial charge in [-0.25, -0.2) is 0 Å². The van der Waals surface area contributed by atoms with Crippen LogP contribution in [0.25, 0.3) is 0 Å². The van der Waals surface area contributed by atoms with Crippen LogP contribution in [0.4, 0.5) is 0 Å². The summed E-state index contributed by atoms with van der Waals surface area (Å²) in [7, 11) is 5.01. The number of hydrogen-bond acceptors (Lipinski definition) is 7. The first-order chi connectivity index (χ1) is 19.0. The molecule has 1 fully saturated rings. The van der Waals surface area contributed by atoms with E-state index >= 15 is 0 Å². The highest BCUT2D eigenvalue weighted by molar-refractivity contribution is 5.79. The van der Waals surface area contributed by atoms with Gasteiger partial charge in [-0.3, -0.25) is 4.79 Å². The van der Waals surface area contributed by atoms with E-state index in [1.165, 1.54) is 0 Å². The molecular formula is C32H56N2O6. The predicted octanol–water partition coefficient (Wildman–Crippen LogP) is 4.89. The van der Waals surface area contributed by atoms with Gasteiger partial charge >= 0.3 is 0 Å². The van der Waals surface area contributed by atoms with Crippen LogP contribution in [-0.4, -0.2) is 69.3 Å². The van der Waals surface area contributed by atoms with Crippen molar-refractivity contribution in [3.8, 4) is 11.5 Å². The van der Waals surface area contributed by atoms with E-state index in [0.29, 0.717) is 38.4 Å². The molecule has 1 amide bonds. The maximum absolute atomic E-state index is 13.5. The lowest BCUT2D eigenvalue weighted by atomic mass is 9.77. The van der Waals surface area contributed by atoms with Crippen molar-refractivity contribution in [3.05, 3.63) is 23.8 Å². The highest BCUT2D eigenvalue weighted by atomic mass is 16.5. The summed E-state index contributed by atoms with van der Waals surface area (Å²) in [4.78, 5) is 13.5. The van der Waals surface area contributed by atoms with Crippen LogP contribution in [0.1, 0.15) is 84.6 Å². The second-order valence-corrected chi connectivity index (χ2v) is 12.4. The zero-order chi connectivity index (χ0) is 29.8. The number of methoxy groups -OCH3 is 3. The summed E-state index contributed by atoms with van der Waals surface area (Å²) >= 11 is 0. The van der Waals surface area contributed by atoms with Crippen molar-refractivity contribution >= 4 is 5.91 Å². The summed E-state index contributed by atoms with van der Waals surface area (Å²) in [5.74, 6) is 1.43. The van der Waals surface area contributed by atoms with Crippen LogP contribution in [0.5, 0.6) is 11.5 Å². The van der Waals surface area contributed by atoms with Crippen LogP contribution in [0, 0.1) is 17.8 Å². The quantitative estimate of drug-likeness (QED) is 0.205. The maximum atomic E-state index is 13.5. The molecule has 1 saturated carbocycles. The summed E-state index contributed by atoms with van der Waals surface area (Å²) < 4.78 is 22.0. The molecule has 0 radical (unpaired) electrons. The molecule has 1 aliphatic carbocycles. The molecule has 230 valence electrons. The number of amides is 1. The Balaban J connectivity index is 2.06. The molecule has 8 heteroatoms. The van der Waals surface area contributed by atoms with E-state index in [4.69, 9.17) is 24.7 Å². The van der Waals surface area contributed by atoms with Crippen LogP contribution in [-0.2, 0) is 20.7 Å². The zero-order valence-electron chi connectivity index (χ0n) is 26.1. The number of rotatable bonds is 19. The van der Waals surface area contributed by atoms with Gasteiger partial charge in [0.05, 0.1) is 32.0 Å². The topological polar surface area (TPSA) is 112 Å². The second-order valence-electron chi connectivity index (χ2n) is 12.4. The molecule has 0 aromatic heterocycles. The normalized spacial score (nSPS) is 18.6. The Morgan fingerprint density at radius 3 is 2.40 bits per heavy atom. The fourth-order valence-corrected chi connectivity index (χ4v) is 5.98. The molecule has 4 atom stereocenters. The van der Waals surface area contributed by atoms with Crippen molar-refractivity contribution in [2.24, 2.45) is 23.5 Å². The average molecular weight is 565 g/mol. The van der Waals surface area contributed by atoms with Gasteiger partial charge in [0.15, 0.2) is 11.5 Å². The number of carbonyl (C=O) groups is 1. The fraction of sp³-hybridized carbons (Fsp3) is 0.781.